The summed E-state index contributed by atoms with van der Waals surface area (Å²) in [6.07, 6.45) is 2.21. The molecule has 0 bridgehead atoms. The van der Waals surface area contributed by atoms with Crippen LogP contribution in [0.5, 0.6) is 5.75 Å². The van der Waals surface area contributed by atoms with Crippen LogP contribution in [0.25, 0.3) is 10.8 Å². The smallest absolute Gasteiger partial charge is 0.308 e. The number of aromatic nitrogens is 1. The van der Waals surface area contributed by atoms with Gasteiger partial charge in [0.05, 0.1) is 5.92 Å². The maximum Gasteiger partial charge on any atom is 0.308 e. The molecule has 3 N–H and O–H groups in total. The molecule has 0 aliphatic carbocycles. The largest absolute Gasteiger partial charge is 0.508 e. The van der Waals surface area contributed by atoms with Crippen molar-refractivity contribution in [3.63, 3.8) is 0 Å². The normalized spacial score (nSPS) is 12.3. The van der Waals surface area contributed by atoms with Crippen molar-refractivity contribution in [1.82, 2.24) is 4.98 Å². The molecule has 0 saturated carbocycles. The first-order chi connectivity index (χ1) is 9.11. The van der Waals surface area contributed by atoms with Gasteiger partial charge in [-0.25, -0.2) is 4.98 Å². The Labute approximate surface area is 110 Å². The van der Waals surface area contributed by atoms with Crippen molar-refractivity contribution >= 4 is 22.6 Å². The van der Waals surface area contributed by atoms with Gasteiger partial charge >= 0.3 is 5.97 Å². The number of nitrogens with one attached hydrogen (secondary N) is 1. The molecule has 2 rings (SSSR count). The van der Waals surface area contributed by atoms with Crippen LogP contribution >= 0.6 is 0 Å². The minimum absolute atomic E-state index is 0.161. The van der Waals surface area contributed by atoms with Gasteiger partial charge in [0.2, 0.25) is 0 Å². The lowest BCUT2D eigenvalue weighted by molar-refractivity contribution is -0.141. The molecule has 0 fully saturated rings. The van der Waals surface area contributed by atoms with Crippen LogP contribution in [0.3, 0.4) is 0 Å². The number of carboxylic acid groups (broad SMARTS) is 1. The second-order valence-electron chi connectivity index (χ2n) is 4.39. The van der Waals surface area contributed by atoms with Crippen molar-refractivity contribution < 1.29 is 15.0 Å². The Morgan fingerprint density at radius 1 is 1.42 bits per heavy atom. The van der Waals surface area contributed by atoms with Gasteiger partial charge in [-0.2, -0.15) is 0 Å². The van der Waals surface area contributed by atoms with Crippen LogP contribution in [-0.4, -0.2) is 27.7 Å². The van der Waals surface area contributed by atoms with Gasteiger partial charge in [0.25, 0.3) is 0 Å². The van der Waals surface area contributed by atoms with E-state index in [0.717, 1.165) is 10.8 Å². The lowest BCUT2D eigenvalue weighted by atomic mass is 10.1. The number of phenolic OH excluding ortho intramolecular Hbond substituents is 1. The molecule has 0 aliphatic heterocycles. The van der Waals surface area contributed by atoms with E-state index in [0.29, 0.717) is 18.8 Å². The molecule has 5 nitrogen and oxygen atoms in total. The zero-order valence-corrected chi connectivity index (χ0v) is 10.6. The number of carboxylic acids is 1. The molecule has 2 aromatic rings. The van der Waals surface area contributed by atoms with Gasteiger partial charge < -0.3 is 15.5 Å². The van der Waals surface area contributed by atoms with Crippen molar-refractivity contribution in [3.05, 3.63) is 30.5 Å². The molecule has 19 heavy (non-hydrogen) atoms. The van der Waals surface area contributed by atoms with Gasteiger partial charge in [-0.3, -0.25) is 4.79 Å². The third kappa shape index (κ3) is 2.93. The van der Waals surface area contributed by atoms with Gasteiger partial charge in [-0.15, -0.1) is 0 Å². The summed E-state index contributed by atoms with van der Waals surface area (Å²) in [6.45, 7) is 2.15. The van der Waals surface area contributed by atoms with E-state index in [1.165, 1.54) is 0 Å². The van der Waals surface area contributed by atoms with E-state index in [-0.39, 0.29) is 5.75 Å². The fraction of sp³-hybridized carbons (Fsp3) is 0.286. The van der Waals surface area contributed by atoms with Crippen molar-refractivity contribution in [3.8, 4) is 5.75 Å². The van der Waals surface area contributed by atoms with E-state index in [1.54, 1.807) is 24.4 Å². The molecular weight excluding hydrogens is 244 g/mol. The summed E-state index contributed by atoms with van der Waals surface area (Å²) in [5, 5.41) is 23.3. The molecule has 100 valence electrons. The average molecular weight is 260 g/mol. The molecular formula is C14H16N2O3. The minimum atomic E-state index is -0.821. The van der Waals surface area contributed by atoms with Crippen LogP contribution in [0.4, 0.5) is 5.82 Å². The average Bonchev–Trinajstić information content (AvgIpc) is 2.39. The van der Waals surface area contributed by atoms with E-state index >= 15 is 0 Å². The standard InChI is InChI=1S/C14H16N2O3/c1-2-9(14(18)19)8-16-13-12-7-11(17)4-3-10(12)5-6-15-13/h3-7,9,17H,2,8H2,1H3,(H,15,16)(H,18,19). The molecule has 0 saturated heterocycles. The Hall–Kier alpha value is -2.30. The summed E-state index contributed by atoms with van der Waals surface area (Å²) in [5.74, 6) is -0.519. The highest BCUT2D eigenvalue weighted by Gasteiger charge is 2.15. The van der Waals surface area contributed by atoms with E-state index in [4.69, 9.17) is 5.11 Å². The summed E-state index contributed by atoms with van der Waals surface area (Å²) in [6, 6.07) is 6.87. The molecule has 0 aliphatic rings. The maximum atomic E-state index is 11.0. The zero-order valence-electron chi connectivity index (χ0n) is 10.6. The van der Waals surface area contributed by atoms with Crippen molar-refractivity contribution in [2.24, 2.45) is 5.92 Å². The SMILES string of the molecule is CCC(CNc1nccc2ccc(O)cc12)C(=O)O. The van der Waals surface area contributed by atoms with E-state index in [2.05, 4.69) is 10.3 Å². The molecule has 1 aromatic heterocycles. The predicted molar refractivity (Wildman–Crippen MR) is 73.3 cm³/mol. The Kier molecular flexibility index (Phi) is 3.85. The van der Waals surface area contributed by atoms with Crippen LogP contribution in [0.15, 0.2) is 30.5 Å². The molecule has 0 radical (unpaired) electrons. The number of carbonyl (C=O) groups is 1. The van der Waals surface area contributed by atoms with E-state index in [9.17, 15) is 9.90 Å². The lowest BCUT2D eigenvalue weighted by Gasteiger charge is -2.13. The van der Waals surface area contributed by atoms with Crippen LogP contribution in [-0.2, 0) is 4.79 Å². The summed E-state index contributed by atoms with van der Waals surface area (Å²) in [7, 11) is 0. The third-order valence-electron chi connectivity index (χ3n) is 3.11. The van der Waals surface area contributed by atoms with Crippen molar-refractivity contribution in [2.75, 3.05) is 11.9 Å². The summed E-state index contributed by atoms with van der Waals surface area (Å²) < 4.78 is 0. The second kappa shape index (κ2) is 5.56. The Morgan fingerprint density at radius 2 is 2.21 bits per heavy atom. The number of pyridine rings is 1. The summed E-state index contributed by atoms with van der Waals surface area (Å²) >= 11 is 0. The molecule has 1 atom stereocenters. The topological polar surface area (TPSA) is 82.5 Å². The minimum Gasteiger partial charge on any atom is -0.508 e. The van der Waals surface area contributed by atoms with Crippen LogP contribution in [0.1, 0.15) is 13.3 Å². The first-order valence-corrected chi connectivity index (χ1v) is 6.16. The Balaban J connectivity index is 2.25. The van der Waals surface area contributed by atoms with Gasteiger partial charge in [0.1, 0.15) is 11.6 Å². The molecule has 1 aromatic carbocycles. The number of anilines is 1. The molecule has 1 unspecified atom stereocenters. The number of hydrogen-bond donors (Lipinski definition) is 3. The fourth-order valence-electron chi connectivity index (χ4n) is 1.92. The zero-order chi connectivity index (χ0) is 13.8. The first kappa shape index (κ1) is 13.1. The van der Waals surface area contributed by atoms with E-state index in [1.807, 2.05) is 13.0 Å². The first-order valence-electron chi connectivity index (χ1n) is 6.16. The second-order valence-corrected chi connectivity index (χ2v) is 4.39. The molecule has 5 heteroatoms. The van der Waals surface area contributed by atoms with Gasteiger partial charge in [-0.1, -0.05) is 13.0 Å². The Bertz CT molecular complexity index is 598. The number of rotatable bonds is 5. The number of nitrogens with zero attached hydrogens (tertiary/aromatic N) is 1. The maximum absolute atomic E-state index is 11.0. The van der Waals surface area contributed by atoms with E-state index < -0.39 is 11.9 Å². The number of hydrogen-bond acceptors (Lipinski definition) is 4. The fourth-order valence-corrected chi connectivity index (χ4v) is 1.92. The molecule has 1 heterocycles. The summed E-state index contributed by atoms with van der Waals surface area (Å²) in [4.78, 5) is 15.2. The predicted octanol–water partition coefficient (Wildman–Crippen LogP) is 2.46. The molecule has 0 amide bonds. The van der Waals surface area contributed by atoms with Crippen LogP contribution in [0, 0.1) is 5.92 Å². The number of aromatic hydroxyl groups is 1. The highest BCUT2D eigenvalue weighted by molar-refractivity contribution is 5.92. The quantitative estimate of drug-likeness (QED) is 0.769. The third-order valence-corrected chi connectivity index (χ3v) is 3.11. The van der Waals surface area contributed by atoms with Gasteiger partial charge in [0, 0.05) is 18.1 Å². The van der Waals surface area contributed by atoms with Gasteiger partial charge in [-0.05, 0) is 30.0 Å². The lowest BCUT2D eigenvalue weighted by Crippen LogP contribution is -2.22. The Morgan fingerprint density at radius 3 is 2.89 bits per heavy atom. The number of fused-ring (bicyclic) bond motifs is 1. The number of benzene rings is 1. The monoisotopic (exact) mass is 260 g/mol. The van der Waals surface area contributed by atoms with Crippen molar-refractivity contribution in [2.45, 2.75) is 13.3 Å². The van der Waals surface area contributed by atoms with Crippen LogP contribution in [0.2, 0.25) is 0 Å². The highest BCUT2D eigenvalue weighted by atomic mass is 16.4. The van der Waals surface area contributed by atoms with Crippen LogP contribution < -0.4 is 5.32 Å². The van der Waals surface area contributed by atoms with Gasteiger partial charge in [0.15, 0.2) is 0 Å². The molecule has 0 spiro atoms. The summed E-state index contributed by atoms with van der Waals surface area (Å²) in [5.41, 5.74) is 0. The number of phenols is 1. The van der Waals surface area contributed by atoms with Crippen molar-refractivity contribution in [1.29, 1.82) is 0 Å². The highest BCUT2D eigenvalue weighted by Crippen LogP contribution is 2.25. The number of aliphatic carboxylic acids is 1.